The van der Waals surface area contributed by atoms with E-state index in [1.165, 1.54) is 0 Å². The Kier molecular flexibility index (Phi) is 4.66. The van der Waals surface area contributed by atoms with Gasteiger partial charge in [0.15, 0.2) is 4.34 Å². The second-order valence-corrected chi connectivity index (χ2v) is 6.34. The monoisotopic (exact) mass is 380 g/mol. The first kappa shape index (κ1) is 16.6. The molecule has 0 aliphatic heterocycles. The van der Waals surface area contributed by atoms with E-state index in [1.54, 1.807) is 0 Å². The lowest BCUT2D eigenvalue weighted by Crippen LogP contribution is -2.01. The predicted octanol–water partition coefficient (Wildman–Crippen LogP) is 4.76. The molecule has 1 aromatic heterocycles. The standard InChI is InChI=1S/C11H3Cl3N2O5S/c12-5-1-4(2-6(9(5)13)15(18)19)10(17)8-3-7(16(20)21)11(14)22-8/h1-3H. The number of carbonyl (C=O) groups excluding carboxylic acids is 1. The summed E-state index contributed by atoms with van der Waals surface area (Å²) in [6, 6.07) is 3.11. The Bertz CT molecular complexity index is 820. The summed E-state index contributed by atoms with van der Waals surface area (Å²) in [5, 5.41) is 21.1. The molecule has 1 aromatic carbocycles. The van der Waals surface area contributed by atoms with Gasteiger partial charge in [-0.1, -0.05) is 34.8 Å². The van der Waals surface area contributed by atoms with Gasteiger partial charge in [-0.3, -0.25) is 25.0 Å². The van der Waals surface area contributed by atoms with Crippen LogP contribution in [0.2, 0.25) is 14.4 Å². The Morgan fingerprint density at radius 2 is 1.59 bits per heavy atom. The van der Waals surface area contributed by atoms with E-state index in [0.717, 1.165) is 18.2 Å². The zero-order valence-electron chi connectivity index (χ0n) is 10.2. The van der Waals surface area contributed by atoms with E-state index < -0.39 is 27.0 Å². The first-order chi connectivity index (χ1) is 10.2. The molecule has 1 heterocycles. The quantitative estimate of drug-likeness (QED) is 0.431. The smallest absolute Gasteiger partial charge is 0.288 e. The van der Waals surface area contributed by atoms with Crippen LogP contribution in [0.1, 0.15) is 15.2 Å². The summed E-state index contributed by atoms with van der Waals surface area (Å²) in [5.41, 5.74) is -1.06. The van der Waals surface area contributed by atoms with Crippen molar-refractivity contribution in [1.29, 1.82) is 0 Å². The highest BCUT2D eigenvalue weighted by molar-refractivity contribution is 7.18. The lowest BCUT2D eigenvalue weighted by atomic mass is 10.1. The van der Waals surface area contributed by atoms with Gasteiger partial charge >= 0.3 is 0 Å². The van der Waals surface area contributed by atoms with E-state index >= 15 is 0 Å². The van der Waals surface area contributed by atoms with E-state index in [4.69, 9.17) is 34.8 Å². The number of thiophene rings is 1. The van der Waals surface area contributed by atoms with Gasteiger partial charge in [0.05, 0.1) is 19.7 Å². The van der Waals surface area contributed by atoms with Crippen LogP contribution < -0.4 is 0 Å². The number of rotatable bonds is 4. The first-order valence-electron chi connectivity index (χ1n) is 5.34. The van der Waals surface area contributed by atoms with Crippen LogP contribution in [0.3, 0.4) is 0 Å². The van der Waals surface area contributed by atoms with Crippen LogP contribution in [0.4, 0.5) is 11.4 Å². The van der Waals surface area contributed by atoms with Gasteiger partial charge in [-0.05, 0) is 6.07 Å². The molecule has 0 bridgehead atoms. The summed E-state index contributed by atoms with van der Waals surface area (Å²) >= 11 is 17.8. The van der Waals surface area contributed by atoms with Crippen molar-refractivity contribution in [2.24, 2.45) is 0 Å². The topological polar surface area (TPSA) is 103 Å². The van der Waals surface area contributed by atoms with Gasteiger partial charge in [-0.2, -0.15) is 0 Å². The third-order valence-corrected chi connectivity index (χ3v) is 4.69. The number of ketones is 1. The van der Waals surface area contributed by atoms with Crippen molar-refractivity contribution in [2.75, 3.05) is 0 Å². The summed E-state index contributed by atoms with van der Waals surface area (Å²) in [4.78, 5) is 32.3. The van der Waals surface area contributed by atoms with Crippen LogP contribution in [-0.4, -0.2) is 15.6 Å². The number of carbonyl (C=O) groups is 1. The van der Waals surface area contributed by atoms with E-state index in [1.807, 2.05) is 0 Å². The molecule has 0 fully saturated rings. The molecule has 0 amide bonds. The summed E-state index contributed by atoms with van der Waals surface area (Å²) in [7, 11) is 0. The Labute approximate surface area is 141 Å². The van der Waals surface area contributed by atoms with Crippen molar-refractivity contribution in [2.45, 2.75) is 0 Å². The summed E-state index contributed by atoms with van der Waals surface area (Å²) in [6.07, 6.45) is 0. The third kappa shape index (κ3) is 3.05. The fourth-order valence-corrected chi connectivity index (χ4v) is 3.15. The number of halogens is 3. The molecule has 2 rings (SSSR count). The van der Waals surface area contributed by atoms with Crippen LogP contribution >= 0.6 is 46.1 Å². The molecule has 0 N–H and O–H groups in total. The largest absolute Gasteiger partial charge is 0.299 e. The van der Waals surface area contributed by atoms with Crippen molar-refractivity contribution < 1.29 is 14.6 Å². The van der Waals surface area contributed by atoms with Crippen molar-refractivity contribution >= 4 is 63.3 Å². The summed E-state index contributed by atoms with van der Waals surface area (Å²) in [5.74, 6) is -0.679. The molecule has 0 unspecified atom stereocenters. The van der Waals surface area contributed by atoms with E-state index in [2.05, 4.69) is 0 Å². The maximum Gasteiger partial charge on any atom is 0.299 e. The van der Waals surface area contributed by atoms with Crippen molar-refractivity contribution in [1.82, 2.24) is 0 Å². The number of nitro benzene ring substituents is 1. The SMILES string of the molecule is O=C(c1cc(Cl)c(Cl)c([N+](=O)[O-])c1)c1cc([N+](=O)[O-])c(Cl)s1. The van der Waals surface area contributed by atoms with Crippen LogP contribution in [0, 0.1) is 20.2 Å². The summed E-state index contributed by atoms with van der Waals surface area (Å²) in [6.45, 7) is 0. The molecule has 2 aromatic rings. The number of nitrogens with zero attached hydrogens (tertiary/aromatic N) is 2. The molecule has 0 saturated heterocycles. The Morgan fingerprint density at radius 3 is 2.09 bits per heavy atom. The molecule has 114 valence electrons. The van der Waals surface area contributed by atoms with Crippen LogP contribution in [0.15, 0.2) is 18.2 Å². The zero-order valence-corrected chi connectivity index (χ0v) is 13.3. The van der Waals surface area contributed by atoms with Crippen molar-refractivity contribution in [3.05, 3.63) is 63.2 Å². The molecule has 0 aliphatic rings. The highest BCUT2D eigenvalue weighted by atomic mass is 35.5. The highest BCUT2D eigenvalue weighted by Gasteiger charge is 2.25. The van der Waals surface area contributed by atoms with Gasteiger partial charge in [-0.25, -0.2) is 0 Å². The predicted molar refractivity (Wildman–Crippen MR) is 82.5 cm³/mol. The van der Waals surface area contributed by atoms with Crippen molar-refractivity contribution in [3.8, 4) is 0 Å². The molecule has 0 saturated carbocycles. The minimum Gasteiger partial charge on any atom is -0.288 e. The summed E-state index contributed by atoms with van der Waals surface area (Å²) < 4.78 is -0.164. The molecule has 11 heteroatoms. The van der Waals surface area contributed by atoms with Crippen molar-refractivity contribution in [3.63, 3.8) is 0 Å². The lowest BCUT2D eigenvalue weighted by molar-refractivity contribution is -0.384. The number of hydrogen-bond donors (Lipinski definition) is 0. The molecular formula is C11H3Cl3N2O5S. The molecule has 0 atom stereocenters. The Balaban J connectivity index is 2.52. The average Bonchev–Trinajstić information content (AvgIpc) is 2.82. The maximum atomic E-state index is 12.3. The molecule has 7 nitrogen and oxygen atoms in total. The first-order valence-corrected chi connectivity index (χ1v) is 7.29. The third-order valence-electron chi connectivity index (χ3n) is 2.56. The molecule has 0 spiro atoms. The van der Waals surface area contributed by atoms with E-state index in [9.17, 15) is 25.0 Å². The molecule has 22 heavy (non-hydrogen) atoms. The minimum atomic E-state index is -0.783. The normalized spacial score (nSPS) is 10.5. The van der Waals surface area contributed by atoms with Gasteiger partial charge in [0.1, 0.15) is 5.02 Å². The second kappa shape index (κ2) is 6.17. The van der Waals surface area contributed by atoms with Gasteiger partial charge in [-0.15, -0.1) is 11.3 Å². The maximum absolute atomic E-state index is 12.3. The molecule has 0 radical (unpaired) electrons. The van der Waals surface area contributed by atoms with Gasteiger partial charge < -0.3 is 0 Å². The zero-order chi connectivity index (χ0) is 16.6. The molecular weight excluding hydrogens is 379 g/mol. The number of hydrogen-bond acceptors (Lipinski definition) is 6. The molecule has 0 aliphatic carbocycles. The van der Waals surface area contributed by atoms with Crippen LogP contribution in [0.5, 0.6) is 0 Å². The van der Waals surface area contributed by atoms with Gasteiger partial charge in [0.2, 0.25) is 5.78 Å². The Hall–Kier alpha value is -1.74. The number of nitro groups is 2. The highest BCUT2D eigenvalue weighted by Crippen LogP contribution is 2.37. The van der Waals surface area contributed by atoms with Gasteiger partial charge in [0, 0.05) is 17.7 Å². The van der Waals surface area contributed by atoms with Gasteiger partial charge in [0.25, 0.3) is 11.4 Å². The second-order valence-electron chi connectivity index (χ2n) is 3.90. The van der Waals surface area contributed by atoms with Crippen LogP contribution in [0.25, 0.3) is 0 Å². The fourth-order valence-electron chi connectivity index (χ4n) is 1.58. The average molecular weight is 382 g/mol. The minimum absolute atomic E-state index is 0.0376. The lowest BCUT2D eigenvalue weighted by Gasteiger charge is -2.02. The fraction of sp³-hybridized carbons (Fsp3) is 0. The number of benzene rings is 1. The van der Waals surface area contributed by atoms with E-state index in [0.29, 0.717) is 11.3 Å². The van der Waals surface area contributed by atoms with E-state index in [-0.39, 0.29) is 24.8 Å². The van der Waals surface area contributed by atoms with Crippen LogP contribution in [-0.2, 0) is 0 Å². The Morgan fingerprint density at radius 1 is 1.00 bits per heavy atom.